The molecule has 4 rings (SSSR count). The van der Waals surface area contributed by atoms with E-state index in [0.29, 0.717) is 41.1 Å². The second-order valence-corrected chi connectivity index (χ2v) is 8.44. The number of aryl methyl sites for hydroxylation is 3. The largest absolute Gasteiger partial charge is 0.466 e. The number of pyridine rings is 1. The monoisotopic (exact) mass is 382 g/mol. The van der Waals surface area contributed by atoms with Gasteiger partial charge >= 0.3 is 0 Å². The molecular weight excluding hydrogens is 356 g/mol. The number of hydrogen-bond acceptors (Lipinski definition) is 6. The van der Waals surface area contributed by atoms with E-state index in [1.807, 2.05) is 37.8 Å². The first kappa shape index (κ1) is 18.7. The smallest absolute Gasteiger partial charge is 0.259 e. The Hall–Kier alpha value is -2.67. The van der Waals surface area contributed by atoms with Gasteiger partial charge in [-0.2, -0.15) is 0 Å². The zero-order valence-corrected chi connectivity index (χ0v) is 17.0. The molecule has 28 heavy (non-hydrogen) atoms. The lowest BCUT2D eigenvalue weighted by atomic mass is 9.79. The number of carbonyl (C=O) groups is 1. The average molecular weight is 382 g/mol. The van der Waals surface area contributed by atoms with Crippen LogP contribution in [0, 0.1) is 26.2 Å². The van der Waals surface area contributed by atoms with Gasteiger partial charge in [-0.05, 0) is 44.7 Å². The van der Waals surface area contributed by atoms with Crippen molar-refractivity contribution >= 4 is 17.0 Å². The van der Waals surface area contributed by atoms with E-state index in [0.717, 1.165) is 23.5 Å². The molecule has 1 saturated heterocycles. The molecule has 1 aliphatic rings. The molecule has 0 saturated carbocycles. The van der Waals surface area contributed by atoms with E-state index >= 15 is 0 Å². The molecule has 0 spiro atoms. The number of aromatic nitrogens is 2. The van der Waals surface area contributed by atoms with E-state index in [-0.39, 0.29) is 17.4 Å². The summed E-state index contributed by atoms with van der Waals surface area (Å²) < 4.78 is 11.1. The van der Waals surface area contributed by atoms with Crippen LogP contribution in [0.4, 0.5) is 0 Å². The summed E-state index contributed by atoms with van der Waals surface area (Å²) in [5.41, 5.74) is 9.19. The van der Waals surface area contributed by atoms with Crippen molar-refractivity contribution in [2.45, 2.75) is 47.1 Å². The maximum atomic E-state index is 13.5. The summed E-state index contributed by atoms with van der Waals surface area (Å²) in [6.45, 7) is 11.1. The number of nitrogens with two attached hydrogens (primary N) is 1. The van der Waals surface area contributed by atoms with Gasteiger partial charge in [0.15, 0.2) is 0 Å². The van der Waals surface area contributed by atoms with Gasteiger partial charge in [-0.3, -0.25) is 4.79 Å². The van der Waals surface area contributed by atoms with Crippen LogP contribution in [0.3, 0.4) is 0 Å². The van der Waals surface area contributed by atoms with Crippen LogP contribution in [-0.2, 0) is 0 Å². The third-order valence-electron chi connectivity index (χ3n) is 5.76. The summed E-state index contributed by atoms with van der Waals surface area (Å²) in [5, 5.41) is 4.70. The van der Waals surface area contributed by atoms with Crippen LogP contribution in [0.25, 0.3) is 22.4 Å². The fourth-order valence-electron chi connectivity index (χ4n) is 4.00. The van der Waals surface area contributed by atoms with E-state index in [1.165, 1.54) is 0 Å². The first-order valence-electron chi connectivity index (χ1n) is 9.56. The quantitative estimate of drug-likeness (QED) is 0.727. The van der Waals surface area contributed by atoms with Crippen LogP contribution >= 0.6 is 0 Å². The van der Waals surface area contributed by atoms with Crippen LogP contribution < -0.4 is 5.73 Å². The van der Waals surface area contributed by atoms with Crippen LogP contribution in [0.15, 0.2) is 21.1 Å². The Balaban J connectivity index is 1.82. The first-order valence-corrected chi connectivity index (χ1v) is 9.56. The minimum atomic E-state index is -0.134. The molecule has 1 fully saturated rings. The molecule has 1 aliphatic heterocycles. The number of piperidine rings is 1. The summed E-state index contributed by atoms with van der Waals surface area (Å²) in [4.78, 5) is 20.0. The minimum absolute atomic E-state index is 0.0437. The van der Waals surface area contributed by atoms with Crippen molar-refractivity contribution in [3.8, 4) is 11.3 Å². The number of likely N-dealkylation sites (tertiary alicyclic amines) is 1. The standard InChI is InChI=1S/C21H26N4O3/c1-11-8-14(13(3)27-11)16-9-15(18-12(2)24-28-19(18)23-16)20(26)25-7-6-17(22)21(4,5)10-25/h8-9,17H,6-7,10,22H2,1-5H3. The van der Waals surface area contributed by atoms with E-state index in [2.05, 4.69) is 24.0 Å². The molecule has 148 valence electrons. The fourth-order valence-corrected chi connectivity index (χ4v) is 4.00. The highest BCUT2D eigenvalue weighted by Gasteiger charge is 2.36. The molecule has 3 aromatic heterocycles. The number of nitrogens with zero attached hydrogens (tertiary/aromatic N) is 3. The number of fused-ring (bicyclic) bond motifs is 1. The molecule has 1 atom stereocenters. The van der Waals surface area contributed by atoms with E-state index in [1.54, 1.807) is 0 Å². The van der Waals surface area contributed by atoms with Crippen LogP contribution in [0.5, 0.6) is 0 Å². The maximum absolute atomic E-state index is 13.5. The first-order chi connectivity index (χ1) is 13.2. The molecule has 1 amide bonds. The van der Waals surface area contributed by atoms with Crippen molar-refractivity contribution in [2.24, 2.45) is 11.1 Å². The van der Waals surface area contributed by atoms with Crippen LogP contribution in [0.2, 0.25) is 0 Å². The van der Waals surface area contributed by atoms with E-state index in [9.17, 15) is 4.79 Å². The highest BCUT2D eigenvalue weighted by molar-refractivity contribution is 6.07. The second-order valence-electron chi connectivity index (χ2n) is 8.44. The molecule has 3 aromatic rings. The predicted molar refractivity (Wildman–Crippen MR) is 106 cm³/mol. The van der Waals surface area contributed by atoms with Gasteiger partial charge in [0.25, 0.3) is 11.6 Å². The molecule has 1 unspecified atom stereocenters. The van der Waals surface area contributed by atoms with Crippen molar-refractivity contribution in [3.63, 3.8) is 0 Å². The molecule has 2 N–H and O–H groups in total. The maximum Gasteiger partial charge on any atom is 0.259 e. The number of hydrogen-bond donors (Lipinski definition) is 1. The Bertz CT molecular complexity index is 1060. The lowest BCUT2D eigenvalue weighted by Gasteiger charge is -2.42. The summed E-state index contributed by atoms with van der Waals surface area (Å²) in [6.07, 6.45) is 0.780. The minimum Gasteiger partial charge on any atom is -0.466 e. The van der Waals surface area contributed by atoms with E-state index < -0.39 is 0 Å². The highest BCUT2D eigenvalue weighted by atomic mass is 16.5. The normalized spacial score (nSPS) is 19.4. The number of amides is 1. The van der Waals surface area contributed by atoms with Gasteiger partial charge in [0, 0.05) is 24.7 Å². The Morgan fingerprint density at radius 3 is 2.68 bits per heavy atom. The Labute approximate surface area is 163 Å². The molecular formula is C21H26N4O3. The number of furan rings is 1. The lowest BCUT2D eigenvalue weighted by molar-refractivity contribution is 0.0535. The predicted octanol–water partition coefficient (Wildman–Crippen LogP) is 3.61. The van der Waals surface area contributed by atoms with Crippen molar-refractivity contribution in [2.75, 3.05) is 13.1 Å². The van der Waals surface area contributed by atoms with Crippen LogP contribution in [0.1, 0.15) is 47.8 Å². The van der Waals surface area contributed by atoms with Gasteiger partial charge in [-0.15, -0.1) is 0 Å². The van der Waals surface area contributed by atoms with Crippen molar-refractivity contribution in [1.82, 2.24) is 15.0 Å². The Morgan fingerprint density at radius 1 is 1.29 bits per heavy atom. The second kappa shape index (κ2) is 6.44. The molecule has 0 aromatic carbocycles. The average Bonchev–Trinajstić information content (AvgIpc) is 3.17. The third kappa shape index (κ3) is 2.99. The van der Waals surface area contributed by atoms with Crippen molar-refractivity contribution in [1.29, 1.82) is 0 Å². The molecule has 0 aliphatic carbocycles. The Morgan fingerprint density at radius 2 is 2.04 bits per heavy atom. The summed E-state index contributed by atoms with van der Waals surface area (Å²) in [5.74, 6) is 1.50. The molecule has 0 bridgehead atoms. The zero-order valence-electron chi connectivity index (χ0n) is 17.0. The van der Waals surface area contributed by atoms with E-state index in [4.69, 9.17) is 14.7 Å². The summed E-state index contributed by atoms with van der Waals surface area (Å²) in [7, 11) is 0. The molecule has 0 radical (unpaired) electrons. The molecule has 4 heterocycles. The highest BCUT2D eigenvalue weighted by Crippen LogP contribution is 2.33. The Kier molecular flexibility index (Phi) is 4.30. The number of carbonyl (C=O) groups excluding carboxylic acids is 1. The topological polar surface area (TPSA) is 98.4 Å². The van der Waals surface area contributed by atoms with Gasteiger partial charge in [0.05, 0.1) is 22.3 Å². The SMILES string of the molecule is Cc1cc(-c2cc(C(=O)N3CCC(N)C(C)(C)C3)c3c(C)noc3n2)c(C)o1. The fraction of sp³-hybridized carbons (Fsp3) is 0.476. The van der Waals surface area contributed by atoms with Crippen molar-refractivity contribution < 1.29 is 13.7 Å². The van der Waals surface area contributed by atoms with Gasteiger partial charge in [0.1, 0.15) is 11.5 Å². The van der Waals surface area contributed by atoms with Gasteiger partial charge in [0.2, 0.25) is 0 Å². The van der Waals surface area contributed by atoms with Gasteiger partial charge in [-0.1, -0.05) is 19.0 Å². The molecule has 7 nitrogen and oxygen atoms in total. The van der Waals surface area contributed by atoms with Gasteiger partial charge < -0.3 is 19.6 Å². The zero-order chi connectivity index (χ0) is 20.2. The van der Waals surface area contributed by atoms with Crippen molar-refractivity contribution in [3.05, 3.63) is 34.9 Å². The summed E-state index contributed by atoms with van der Waals surface area (Å²) in [6, 6.07) is 3.83. The number of rotatable bonds is 2. The lowest BCUT2D eigenvalue weighted by Crippen LogP contribution is -2.54. The third-order valence-corrected chi connectivity index (χ3v) is 5.76. The summed E-state index contributed by atoms with van der Waals surface area (Å²) >= 11 is 0. The van der Waals surface area contributed by atoms with Gasteiger partial charge in [-0.25, -0.2) is 4.98 Å². The molecule has 7 heteroatoms. The van der Waals surface area contributed by atoms with Crippen LogP contribution in [-0.4, -0.2) is 40.1 Å².